The number of rotatable bonds is 5. The molecule has 0 saturated carbocycles. The van der Waals surface area contributed by atoms with Gasteiger partial charge in [0.15, 0.2) is 0 Å². The van der Waals surface area contributed by atoms with Crippen molar-refractivity contribution in [2.24, 2.45) is 0 Å². The van der Waals surface area contributed by atoms with Gasteiger partial charge in [-0.05, 0) is 31.2 Å². The van der Waals surface area contributed by atoms with Crippen LogP contribution >= 0.6 is 11.6 Å². The van der Waals surface area contributed by atoms with Crippen LogP contribution in [0.1, 0.15) is 6.92 Å². The quantitative estimate of drug-likeness (QED) is 0.743. The Labute approximate surface area is 104 Å². The molecule has 1 amide bonds. The number of benzene rings is 1. The third kappa shape index (κ3) is 4.84. The fourth-order valence-electron chi connectivity index (χ4n) is 1.07. The molecule has 1 aromatic carbocycles. The van der Waals surface area contributed by atoms with Gasteiger partial charge in [-0.1, -0.05) is 11.6 Å². The first kappa shape index (κ1) is 13.5. The molecule has 1 rings (SSSR count). The van der Waals surface area contributed by atoms with E-state index in [9.17, 15) is 9.59 Å². The van der Waals surface area contributed by atoms with E-state index in [0.717, 1.165) is 0 Å². The molecular weight excluding hydrogens is 244 g/mol. The van der Waals surface area contributed by atoms with Gasteiger partial charge in [-0.25, -0.2) is 0 Å². The van der Waals surface area contributed by atoms with Crippen molar-refractivity contribution < 1.29 is 14.7 Å². The minimum Gasteiger partial charge on any atom is -0.480 e. The van der Waals surface area contributed by atoms with E-state index in [1.165, 1.54) is 6.92 Å². The monoisotopic (exact) mass is 256 g/mol. The van der Waals surface area contributed by atoms with Gasteiger partial charge in [0, 0.05) is 10.7 Å². The minimum absolute atomic E-state index is 0.0594. The predicted octanol–water partition coefficient (Wildman–Crippen LogP) is 1.34. The van der Waals surface area contributed by atoms with Crippen LogP contribution in [-0.4, -0.2) is 29.6 Å². The Morgan fingerprint density at radius 2 is 1.94 bits per heavy atom. The van der Waals surface area contributed by atoms with Crippen LogP contribution in [0.15, 0.2) is 24.3 Å². The molecule has 0 spiro atoms. The van der Waals surface area contributed by atoms with E-state index in [4.69, 9.17) is 16.7 Å². The average Bonchev–Trinajstić information content (AvgIpc) is 2.29. The van der Waals surface area contributed by atoms with Gasteiger partial charge >= 0.3 is 5.97 Å². The van der Waals surface area contributed by atoms with Gasteiger partial charge < -0.3 is 10.4 Å². The summed E-state index contributed by atoms with van der Waals surface area (Å²) in [6, 6.07) is 5.89. The standard InChI is InChI=1S/C11H13ClN2O3/c1-7(11(16)17)13-6-10(15)14-9-4-2-8(12)3-5-9/h2-5,7,13H,6H2,1H3,(H,14,15)(H,16,17)/t7-/m1/s1. The van der Waals surface area contributed by atoms with Gasteiger partial charge in [-0.3, -0.25) is 14.9 Å². The molecule has 17 heavy (non-hydrogen) atoms. The smallest absolute Gasteiger partial charge is 0.320 e. The van der Waals surface area contributed by atoms with Gasteiger partial charge in [0.05, 0.1) is 6.54 Å². The molecule has 0 fully saturated rings. The molecule has 0 bridgehead atoms. The Morgan fingerprint density at radius 1 is 1.35 bits per heavy atom. The van der Waals surface area contributed by atoms with Gasteiger partial charge in [0.25, 0.3) is 0 Å². The third-order valence-electron chi connectivity index (χ3n) is 2.07. The number of nitrogens with one attached hydrogen (secondary N) is 2. The lowest BCUT2D eigenvalue weighted by Gasteiger charge is -2.09. The fourth-order valence-corrected chi connectivity index (χ4v) is 1.20. The number of aliphatic carboxylic acids is 1. The van der Waals surface area contributed by atoms with E-state index in [1.807, 2.05) is 0 Å². The van der Waals surface area contributed by atoms with E-state index in [1.54, 1.807) is 24.3 Å². The number of amides is 1. The number of halogens is 1. The molecule has 0 heterocycles. The van der Waals surface area contributed by atoms with Gasteiger partial charge in [-0.2, -0.15) is 0 Å². The van der Waals surface area contributed by atoms with Crippen molar-refractivity contribution in [1.82, 2.24) is 5.32 Å². The molecule has 0 aliphatic heterocycles. The van der Waals surface area contributed by atoms with Crippen LogP contribution in [0.25, 0.3) is 0 Å². The summed E-state index contributed by atoms with van der Waals surface area (Å²) in [5.74, 6) is -1.30. The highest BCUT2D eigenvalue weighted by Gasteiger charge is 2.11. The molecular formula is C11H13ClN2O3. The summed E-state index contributed by atoms with van der Waals surface area (Å²) < 4.78 is 0. The Kier molecular flexibility index (Phi) is 4.93. The van der Waals surface area contributed by atoms with Crippen LogP contribution in [-0.2, 0) is 9.59 Å². The molecule has 92 valence electrons. The molecule has 0 unspecified atom stereocenters. The lowest BCUT2D eigenvalue weighted by atomic mass is 10.3. The Morgan fingerprint density at radius 3 is 2.47 bits per heavy atom. The highest BCUT2D eigenvalue weighted by molar-refractivity contribution is 6.30. The van der Waals surface area contributed by atoms with Gasteiger partial charge in [0.1, 0.15) is 6.04 Å². The first-order valence-corrected chi connectivity index (χ1v) is 5.38. The van der Waals surface area contributed by atoms with Crippen molar-refractivity contribution in [1.29, 1.82) is 0 Å². The number of carboxylic acids is 1. The maximum absolute atomic E-state index is 11.4. The first-order valence-electron chi connectivity index (χ1n) is 5.00. The van der Waals surface area contributed by atoms with Crippen LogP contribution in [0.5, 0.6) is 0 Å². The van der Waals surface area contributed by atoms with Crippen LogP contribution in [0, 0.1) is 0 Å². The zero-order valence-electron chi connectivity index (χ0n) is 9.24. The Hall–Kier alpha value is -1.59. The summed E-state index contributed by atoms with van der Waals surface area (Å²) in [4.78, 5) is 21.9. The molecule has 0 saturated heterocycles. The van der Waals surface area contributed by atoms with Crippen molar-refractivity contribution in [3.8, 4) is 0 Å². The topological polar surface area (TPSA) is 78.4 Å². The lowest BCUT2D eigenvalue weighted by Crippen LogP contribution is -2.39. The lowest BCUT2D eigenvalue weighted by molar-refractivity contribution is -0.139. The normalized spacial score (nSPS) is 11.9. The number of carbonyl (C=O) groups excluding carboxylic acids is 1. The zero-order chi connectivity index (χ0) is 12.8. The molecule has 3 N–H and O–H groups in total. The Bertz CT molecular complexity index is 406. The van der Waals surface area contributed by atoms with Crippen LogP contribution in [0.4, 0.5) is 5.69 Å². The number of hydrogen-bond donors (Lipinski definition) is 3. The largest absolute Gasteiger partial charge is 0.480 e. The minimum atomic E-state index is -0.996. The Balaban J connectivity index is 2.39. The summed E-state index contributed by atoms with van der Waals surface area (Å²) in [7, 11) is 0. The van der Waals surface area contributed by atoms with Crippen molar-refractivity contribution in [3.05, 3.63) is 29.3 Å². The average molecular weight is 257 g/mol. The summed E-state index contributed by atoms with van der Waals surface area (Å²) in [6.45, 7) is 1.41. The number of carboxylic acid groups (broad SMARTS) is 1. The highest BCUT2D eigenvalue weighted by Crippen LogP contribution is 2.12. The number of hydrogen-bond acceptors (Lipinski definition) is 3. The van der Waals surface area contributed by atoms with E-state index in [-0.39, 0.29) is 12.5 Å². The fraction of sp³-hybridized carbons (Fsp3) is 0.273. The molecule has 0 radical (unpaired) electrons. The second kappa shape index (κ2) is 6.22. The number of carbonyl (C=O) groups is 2. The summed E-state index contributed by atoms with van der Waals surface area (Å²) in [5, 5.41) is 14.4. The highest BCUT2D eigenvalue weighted by atomic mass is 35.5. The SMILES string of the molecule is C[C@@H](NCC(=O)Nc1ccc(Cl)cc1)C(=O)O. The number of anilines is 1. The summed E-state index contributed by atoms with van der Waals surface area (Å²) in [5.41, 5.74) is 0.615. The maximum Gasteiger partial charge on any atom is 0.320 e. The molecule has 5 nitrogen and oxygen atoms in total. The summed E-state index contributed by atoms with van der Waals surface area (Å²) in [6.07, 6.45) is 0. The zero-order valence-corrected chi connectivity index (χ0v) is 9.99. The van der Waals surface area contributed by atoms with Crippen LogP contribution < -0.4 is 10.6 Å². The third-order valence-corrected chi connectivity index (χ3v) is 2.32. The van der Waals surface area contributed by atoms with E-state index >= 15 is 0 Å². The predicted molar refractivity (Wildman–Crippen MR) is 65.2 cm³/mol. The van der Waals surface area contributed by atoms with Crippen LogP contribution in [0.3, 0.4) is 0 Å². The molecule has 6 heteroatoms. The molecule has 0 aromatic heterocycles. The van der Waals surface area contributed by atoms with Crippen molar-refractivity contribution in [2.75, 3.05) is 11.9 Å². The van der Waals surface area contributed by atoms with E-state index in [0.29, 0.717) is 10.7 Å². The van der Waals surface area contributed by atoms with Crippen molar-refractivity contribution in [2.45, 2.75) is 13.0 Å². The molecule has 0 aliphatic carbocycles. The second-order valence-electron chi connectivity index (χ2n) is 3.50. The van der Waals surface area contributed by atoms with Crippen LogP contribution in [0.2, 0.25) is 5.02 Å². The molecule has 1 atom stereocenters. The molecule has 1 aromatic rings. The van der Waals surface area contributed by atoms with Gasteiger partial charge in [0.2, 0.25) is 5.91 Å². The van der Waals surface area contributed by atoms with Gasteiger partial charge in [-0.15, -0.1) is 0 Å². The molecule has 0 aliphatic rings. The van der Waals surface area contributed by atoms with E-state index < -0.39 is 12.0 Å². The van der Waals surface area contributed by atoms with Crippen molar-refractivity contribution in [3.63, 3.8) is 0 Å². The van der Waals surface area contributed by atoms with E-state index in [2.05, 4.69) is 10.6 Å². The first-order chi connectivity index (χ1) is 7.99. The van der Waals surface area contributed by atoms with Crippen molar-refractivity contribution >= 4 is 29.2 Å². The summed E-state index contributed by atoms with van der Waals surface area (Å²) >= 11 is 5.70. The maximum atomic E-state index is 11.4. The second-order valence-corrected chi connectivity index (χ2v) is 3.93.